The van der Waals surface area contributed by atoms with Crippen LogP contribution in [0.5, 0.6) is 0 Å². The van der Waals surface area contributed by atoms with E-state index in [9.17, 15) is 0 Å². The van der Waals surface area contributed by atoms with Gasteiger partial charge in [-0.05, 0) is 52.3 Å². The van der Waals surface area contributed by atoms with Gasteiger partial charge in [0.15, 0.2) is 11.6 Å². The van der Waals surface area contributed by atoms with Gasteiger partial charge in [-0.25, -0.2) is 4.98 Å². The molecule has 6 heteroatoms. The third kappa shape index (κ3) is 2.62. The molecule has 1 aromatic heterocycles. The molecular formula is C21H25NO5. The van der Waals surface area contributed by atoms with Crippen molar-refractivity contribution in [2.75, 3.05) is 6.61 Å². The maximum absolute atomic E-state index is 6.44. The lowest BCUT2D eigenvalue weighted by molar-refractivity contribution is -0.330. The second-order valence-corrected chi connectivity index (χ2v) is 8.50. The largest absolute Gasteiger partial charge is 0.348 e. The Kier molecular flexibility index (Phi) is 3.56. The molecule has 3 aliphatic heterocycles. The average molecular weight is 371 g/mol. The topological polar surface area (TPSA) is 59.0 Å². The van der Waals surface area contributed by atoms with Crippen molar-refractivity contribution in [3.63, 3.8) is 0 Å². The van der Waals surface area contributed by atoms with Crippen molar-refractivity contribution >= 4 is 10.9 Å². The molecule has 3 fully saturated rings. The van der Waals surface area contributed by atoms with Crippen LogP contribution in [0.25, 0.3) is 10.9 Å². The quantitative estimate of drug-likeness (QED) is 0.766. The Morgan fingerprint density at radius 1 is 1.00 bits per heavy atom. The predicted molar refractivity (Wildman–Crippen MR) is 98.0 cm³/mol. The minimum atomic E-state index is -1.11. The first-order valence-corrected chi connectivity index (χ1v) is 9.44. The van der Waals surface area contributed by atoms with Gasteiger partial charge in [-0.2, -0.15) is 0 Å². The van der Waals surface area contributed by atoms with Gasteiger partial charge in [-0.3, -0.25) is 0 Å². The fraction of sp³-hybridized carbons (Fsp3) is 0.571. The Hall–Kier alpha value is -1.57. The van der Waals surface area contributed by atoms with Crippen LogP contribution >= 0.6 is 0 Å². The number of ether oxygens (including phenoxy) is 5. The van der Waals surface area contributed by atoms with E-state index in [0.29, 0.717) is 12.3 Å². The molecule has 0 bridgehead atoms. The summed E-state index contributed by atoms with van der Waals surface area (Å²) in [6.45, 7) is 10.1. The number of aryl methyl sites for hydroxylation is 1. The molecular weight excluding hydrogens is 346 g/mol. The van der Waals surface area contributed by atoms with E-state index in [4.69, 9.17) is 28.7 Å². The van der Waals surface area contributed by atoms with E-state index in [-0.39, 0.29) is 12.2 Å². The SMILES string of the molecule is Cc1cc([C@@]23O[C@H]4COC(C)(C)O[C@@H]4[C@H]2OC(C)(C)O3)nc2ccccc12. The minimum absolute atomic E-state index is 0.271. The summed E-state index contributed by atoms with van der Waals surface area (Å²) in [6.07, 6.45) is -0.981. The Bertz CT molecular complexity index is 911. The summed E-state index contributed by atoms with van der Waals surface area (Å²) < 4.78 is 31.1. The fourth-order valence-electron chi connectivity index (χ4n) is 4.39. The summed E-state index contributed by atoms with van der Waals surface area (Å²) in [4.78, 5) is 4.88. The first-order chi connectivity index (χ1) is 12.7. The van der Waals surface area contributed by atoms with Crippen LogP contribution in [0.15, 0.2) is 30.3 Å². The molecule has 2 aromatic rings. The molecule has 0 aliphatic carbocycles. The lowest BCUT2D eigenvalue weighted by Gasteiger charge is -2.38. The molecule has 3 saturated heterocycles. The van der Waals surface area contributed by atoms with E-state index in [2.05, 4.69) is 13.0 Å². The number of nitrogens with zero attached hydrogens (tertiary/aromatic N) is 1. The Morgan fingerprint density at radius 3 is 2.59 bits per heavy atom. The van der Waals surface area contributed by atoms with Gasteiger partial charge in [0.05, 0.1) is 12.1 Å². The molecule has 144 valence electrons. The summed E-state index contributed by atoms with van der Waals surface area (Å²) in [5.41, 5.74) is 2.74. The molecule has 0 radical (unpaired) electrons. The van der Waals surface area contributed by atoms with Gasteiger partial charge in [0.2, 0.25) is 5.79 Å². The van der Waals surface area contributed by atoms with Gasteiger partial charge < -0.3 is 23.7 Å². The molecule has 1 aromatic carbocycles. The molecule has 0 spiro atoms. The standard InChI is InChI=1S/C21H25NO5/c1-12-10-16(22-14-9-7-6-8-13(12)14)21-18(26-20(4,5)27-21)17-15(24-21)11-23-19(2,3)25-17/h6-10,15,17-18H,11H2,1-5H3/t15-,17-,18+,21-/m0/s1. The highest BCUT2D eigenvalue weighted by Gasteiger charge is 2.68. The highest BCUT2D eigenvalue weighted by molar-refractivity contribution is 5.82. The van der Waals surface area contributed by atoms with Gasteiger partial charge in [0.25, 0.3) is 0 Å². The van der Waals surface area contributed by atoms with Crippen LogP contribution in [0.1, 0.15) is 39.0 Å². The number of aromatic nitrogens is 1. The van der Waals surface area contributed by atoms with Gasteiger partial charge in [0, 0.05) is 5.39 Å². The number of hydrogen-bond acceptors (Lipinski definition) is 6. The lowest BCUT2D eigenvalue weighted by Crippen LogP contribution is -2.51. The van der Waals surface area contributed by atoms with Crippen molar-refractivity contribution in [2.24, 2.45) is 0 Å². The van der Waals surface area contributed by atoms with E-state index < -0.39 is 23.5 Å². The molecule has 0 N–H and O–H groups in total. The molecule has 0 unspecified atom stereocenters. The summed E-state index contributed by atoms with van der Waals surface area (Å²) in [5, 5.41) is 1.11. The van der Waals surface area contributed by atoms with Crippen LogP contribution in [-0.2, 0) is 29.5 Å². The summed E-state index contributed by atoms with van der Waals surface area (Å²) in [6, 6.07) is 10.1. The van der Waals surface area contributed by atoms with Crippen LogP contribution in [-0.4, -0.2) is 41.5 Å². The maximum Gasteiger partial charge on any atom is 0.245 e. The molecule has 3 aliphatic rings. The summed E-state index contributed by atoms with van der Waals surface area (Å²) >= 11 is 0. The number of fused-ring (bicyclic) bond motifs is 4. The van der Waals surface area contributed by atoms with Gasteiger partial charge in [0.1, 0.15) is 24.0 Å². The smallest absolute Gasteiger partial charge is 0.245 e. The van der Waals surface area contributed by atoms with Gasteiger partial charge >= 0.3 is 0 Å². The van der Waals surface area contributed by atoms with Crippen molar-refractivity contribution < 1.29 is 23.7 Å². The molecule has 4 atom stereocenters. The first-order valence-electron chi connectivity index (χ1n) is 9.44. The number of hydrogen-bond donors (Lipinski definition) is 0. The predicted octanol–water partition coefficient (Wildman–Crippen LogP) is 3.40. The van der Waals surface area contributed by atoms with E-state index in [1.54, 1.807) is 0 Å². The summed E-state index contributed by atoms with van der Waals surface area (Å²) in [7, 11) is 0. The second kappa shape index (κ2) is 5.49. The molecule has 5 rings (SSSR count). The first kappa shape index (κ1) is 17.5. The Morgan fingerprint density at radius 2 is 1.78 bits per heavy atom. The Balaban J connectivity index is 1.65. The van der Waals surface area contributed by atoms with Crippen molar-refractivity contribution in [1.82, 2.24) is 4.98 Å². The van der Waals surface area contributed by atoms with E-state index in [0.717, 1.165) is 16.5 Å². The molecule has 0 saturated carbocycles. The van der Waals surface area contributed by atoms with Gasteiger partial charge in [-0.1, -0.05) is 18.2 Å². The van der Waals surface area contributed by atoms with E-state index >= 15 is 0 Å². The molecule has 27 heavy (non-hydrogen) atoms. The highest BCUT2D eigenvalue weighted by atomic mass is 16.9. The zero-order valence-corrected chi connectivity index (χ0v) is 16.3. The Labute approximate surface area is 158 Å². The monoisotopic (exact) mass is 371 g/mol. The molecule has 6 nitrogen and oxygen atoms in total. The number of pyridine rings is 1. The number of rotatable bonds is 1. The van der Waals surface area contributed by atoms with Crippen LogP contribution in [0.2, 0.25) is 0 Å². The van der Waals surface area contributed by atoms with Crippen molar-refractivity contribution in [2.45, 2.75) is 70.3 Å². The zero-order chi connectivity index (χ0) is 19.0. The highest BCUT2D eigenvalue weighted by Crippen LogP contribution is 2.53. The fourth-order valence-corrected chi connectivity index (χ4v) is 4.39. The molecule has 4 heterocycles. The lowest BCUT2D eigenvalue weighted by atomic mass is 9.98. The van der Waals surface area contributed by atoms with Gasteiger partial charge in [-0.15, -0.1) is 0 Å². The van der Waals surface area contributed by atoms with Crippen LogP contribution in [0.3, 0.4) is 0 Å². The normalized spacial score (nSPS) is 36.6. The van der Waals surface area contributed by atoms with E-state index in [1.165, 1.54) is 0 Å². The number of benzene rings is 1. The summed E-state index contributed by atoms with van der Waals surface area (Å²) in [5.74, 6) is -2.61. The average Bonchev–Trinajstić information content (AvgIpc) is 3.02. The van der Waals surface area contributed by atoms with Crippen molar-refractivity contribution in [3.05, 3.63) is 41.6 Å². The minimum Gasteiger partial charge on any atom is -0.348 e. The number of para-hydroxylation sites is 1. The second-order valence-electron chi connectivity index (χ2n) is 8.50. The third-order valence-electron chi connectivity index (χ3n) is 5.47. The third-order valence-corrected chi connectivity index (χ3v) is 5.47. The van der Waals surface area contributed by atoms with Crippen molar-refractivity contribution in [3.8, 4) is 0 Å². The van der Waals surface area contributed by atoms with E-state index in [1.807, 2.05) is 52.0 Å². The zero-order valence-electron chi connectivity index (χ0n) is 16.3. The van der Waals surface area contributed by atoms with Crippen molar-refractivity contribution in [1.29, 1.82) is 0 Å². The molecule has 0 amide bonds. The maximum atomic E-state index is 6.44. The van der Waals surface area contributed by atoms with Crippen LogP contribution in [0.4, 0.5) is 0 Å². The van der Waals surface area contributed by atoms with Crippen LogP contribution in [0, 0.1) is 6.92 Å². The van der Waals surface area contributed by atoms with Crippen LogP contribution < -0.4 is 0 Å².